The molecule has 0 radical (unpaired) electrons. The fourth-order valence-corrected chi connectivity index (χ4v) is 3.50. The van der Waals surface area contributed by atoms with Gasteiger partial charge in [-0.1, -0.05) is 84.0 Å². The van der Waals surface area contributed by atoms with Gasteiger partial charge < -0.3 is 24.6 Å². The summed E-state index contributed by atoms with van der Waals surface area (Å²) in [6.07, 6.45) is 17.4. The molecule has 2 N–H and O–H groups in total. The van der Waals surface area contributed by atoms with Crippen molar-refractivity contribution >= 4 is 5.91 Å². The summed E-state index contributed by atoms with van der Waals surface area (Å²) in [4.78, 5) is 14.3. The van der Waals surface area contributed by atoms with Gasteiger partial charge in [-0.15, -0.1) is 0 Å². The van der Waals surface area contributed by atoms with E-state index in [1.165, 1.54) is 70.6 Å². The van der Waals surface area contributed by atoms with Crippen LogP contribution in [0.15, 0.2) is 0 Å². The molecule has 0 aromatic rings. The zero-order chi connectivity index (χ0) is 22.1. The number of nitrogens with zero attached hydrogens (tertiary/aromatic N) is 1. The lowest BCUT2D eigenvalue weighted by atomic mass is 10.0. The molecule has 0 heterocycles. The van der Waals surface area contributed by atoms with Gasteiger partial charge in [0.05, 0.1) is 39.6 Å². The normalized spacial score (nSPS) is 11.2. The summed E-state index contributed by atoms with van der Waals surface area (Å²) in [5, 5.41) is 17.6. The first kappa shape index (κ1) is 29.3. The Morgan fingerprint density at radius 2 is 1.03 bits per heavy atom. The number of aliphatic hydroxyl groups excluding tert-OH is 2. The number of rotatable bonds is 24. The van der Waals surface area contributed by atoms with Crippen LogP contribution in [0.2, 0.25) is 0 Å². The smallest absolute Gasteiger partial charge is 0.222 e. The van der Waals surface area contributed by atoms with Gasteiger partial charge >= 0.3 is 0 Å². The van der Waals surface area contributed by atoms with Crippen LogP contribution >= 0.6 is 0 Å². The molecule has 6 heteroatoms. The lowest BCUT2D eigenvalue weighted by Crippen LogP contribution is -2.36. The molecule has 0 aliphatic heterocycles. The number of carbonyl (C=O) groups excluding carboxylic acids is 1. The summed E-state index contributed by atoms with van der Waals surface area (Å²) in [6, 6.07) is 0. The van der Waals surface area contributed by atoms with Crippen LogP contribution in [0.25, 0.3) is 0 Å². The van der Waals surface area contributed by atoms with Crippen LogP contribution in [0, 0.1) is 0 Å². The second-order valence-corrected chi connectivity index (χ2v) is 8.05. The molecule has 1 amide bonds. The molecule has 0 unspecified atom stereocenters. The van der Waals surface area contributed by atoms with Gasteiger partial charge in [0.25, 0.3) is 0 Å². The first-order chi connectivity index (χ1) is 14.8. The SMILES string of the molecule is CCCCCCCCCCCCCCCC(=O)N(CCOCCO)CCOCCO. The van der Waals surface area contributed by atoms with Gasteiger partial charge in [-0.05, 0) is 6.42 Å². The first-order valence-corrected chi connectivity index (χ1v) is 12.4. The van der Waals surface area contributed by atoms with Crippen molar-refractivity contribution in [3.8, 4) is 0 Å². The number of ether oxygens (including phenoxy) is 2. The van der Waals surface area contributed by atoms with E-state index in [-0.39, 0.29) is 19.1 Å². The number of unbranched alkanes of at least 4 members (excludes halogenated alkanes) is 12. The maximum Gasteiger partial charge on any atom is 0.222 e. The minimum atomic E-state index is -0.00742. The summed E-state index contributed by atoms with van der Waals surface area (Å²) >= 11 is 0. The predicted molar refractivity (Wildman–Crippen MR) is 123 cm³/mol. The molecule has 0 aliphatic carbocycles. The Labute approximate surface area is 185 Å². The van der Waals surface area contributed by atoms with Gasteiger partial charge in [0.15, 0.2) is 0 Å². The highest BCUT2D eigenvalue weighted by Crippen LogP contribution is 2.13. The van der Waals surface area contributed by atoms with Gasteiger partial charge in [-0.25, -0.2) is 0 Å². The van der Waals surface area contributed by atoms with Crippen LogP contribution in [0.3, 0.4) is 0 Å². The Morgan fingerprint density at radius 3 is 1.43 bits per heavy atom. The molecule has 0 saturated heterocycles. The number of carbonyl (C=O) groups is 1. The van der Waals surface area contributed by atoms with E-state index in [0.717, 1.165) is 12.8 Å². The van der Waals surface area contributed by atoms with E-state index in [2.05, 4.69) is 6.92 Å². The molecule has 0 aromatic heterocycles. The molecule has 180 valence electrons. The maximum absolute atomic E-state index is 12.5. The molecule has 30 heavy (non-hydrogen) atoms. The van der Waals surface area contributed by atoms with Crippen LogP contribution in [-0.4, -0.2) is 73.8 Å². The van der Waals surface area contributed by atoms with Gasteiger partial charge in [0.1, 0.15) is 0 Å². The number of hydrogen-bond donors (Lipinski definition) is 2. The molecule has 6 nitrogen and oxygen atoms in total. The van der Waals surface area contributed by atoms with Crippen molar-refractivity contribution in [1.29, 1.82) is 0 Å². The van der Waals surface area contributed by atoms with E-state index in [1.807, 2.05) is 0 Å². The highest BCUT2D eigenvalue weighted by atomic mass is 16.5. The standard InChI is InChI=1S/C24H49NO5/c1-2-3-4-5-6-7-8-9-10-11-12-13-14-15-24(28)25(16-20-29-22-18-26)17-21-30-23-19-27/h26-27H,2-23H2,1H3. The molecule has 0 aromatic carbocycles. The predicted octanol–water partition coefficient (Wildman–Crippen LogP) is 4.31. The minimum Gasteiger partial charge on any atom is -0.394 e. The highest BCUT2D eigenvalue weighted by Gasteiger charge is 2.13. The third-order valence-corrected chi connectivity index (χ3v) is 5.33. The van der Waals surface area contributed by atoms with E-state index in [4.69, 9.17) is 19.7 Å². The van der Waals surface area contributed by atoms with Crippen molar-refractivity contribution in [1.82, 2.24) is 4.90 Å². The Balaban J connectivity index is 3.70. The van der Waals surface area contributed by atoms with Crippen molar-refractivity contribution in [2.75, 3.05) is 52.7 Å². The van der Waals surface area contributed by atoms with Crippen molar-refractivity contribution in [3.63, 3.8) is 0 Å². The second-order valence-electron chi connectivity index (χ2n) is 8.05. The molecular formula is C24H49NO5. The summed E-state index contributed by atoms with van der Waals surface area (Å²) in [5.74, 6) is 0.137. The molecule has 0 aliphatic rings. The zero-order valence-corrected chi connectivity index (χ0v) is 19.6. The van der Waals surface area contributed by atoms with Crippen LogP contribution in [0.1, 0.15) is 96.8 Å². The molecule has 0 atom stereocenters. The third-order valence-electron chi connectivity index (χ3n) is 5.33. The van der Waals surface area contributed by atoms with Crippen molar-refractivity contribution < 1.29 is 24.5 Å². The van der Waals surface area contributed by atoms with Gasteiger partial charge in [0.2, 0.25) is 5.91 Å². The van der Waals surface area contributed by atoms with Crippen LogP contribution < -0.4 is 0 Å². The second kappa shape index (κ2) is 24.6. The Kier molecular flexibility index (Phi) is 24.0. The van der Waals surface area contributed by atoms with Crippen molar-refractivity contribution in [3.05, 3.63) is 0 Å². The average molecular weight is 432 g/mol. The zero-order valence-electron chi connectivity index (χ0n) is 19.6. The van der Waals surface area contributed by atoms with E-state index in [9.17, 15) is 4.79 Å². The van der Waals surface area contributed by atoms with Gasteiger partial charge in [0, 0.05) is 19.5 Å². The number of amides is 1. The lowest BCUT2D eigenvalue weighted by Gasteiger charge is -2.22. The van der Waals surface area contributed by atoms with E-state index in [1.54, 1.807) is 4.90 Å². The largest absolute Gasteiger partial charge is 0.394 e. The summed E-state index contributed by atoms with van der Waals surface area (Å²) in [7, 11) is 0. The Bertz CT molecular complexity index is 342. The fourth-order valence-electron chi connectivity index (χ4n) is 3.50. The molecule has 0 fully saturated rings. The maximum atomic E-state index is 12.5. The molecular weight excluding hydrogens is 382 g/mol. The number of hydrogen-bond acceptors (Lipinski definition) is 5. The van der Waals surface area contributed by atoms with E-state index < -0.39 is 0 Å². The Morgan fingerprint density at radius 1 is 0.633 bits per heavy atom. The van der Waals surface area contributed by atoms with Crippen molar-refractivity contribution in [2.24, 2.45) is 0 Å². The fraction of sp³-hybridized carbons (Fsp3) is 0.958. The molecule has 0 spiro atoms. The summed E-state index contributed by atoms with van der Waals surface area (Å²) < 4.78 is 10.6. The van der Waals surface area contributed by atoms with E-state index in [0.29, 0.717) is 45.9 Å². The molecule has 0 rings (SSSR count). The van der Waals surface area contributed by atoms with Crippen LogP contribution in [-0.2, 0) is 14.3 Å². The van der Waals surface area contributed by atoms with Crippen LogP contribution in [0.4, 0.5) is 0 Å². The summed E-state index contributed by atoms with van der Waals surface area (Å²) in [6.45, 7) is 4.70. The van der Waals surface area contributed by atoms with E-state index >= 15 is 0 Å². The first-order valence-electron chi connectivity index (χ1n) is 12.4. The monoisotopic (exact) mass is 431 g/mol. The van der Waals surface area contributed by atoms with Gasteiger partial charge in [-0.3, -0.25) is 4.79 Å². The highest BCUT2D eigenvalue weighted by molar-refractivity contribution is 5.76. The molecule has 0 bridgehead atoms. The molecule has 0 saturated carbocycles. The quantitative estimate of drug-likeness (QED) is 0.223. The average Bonchev–Trinajstić information content (AvgIpc) is 2.75. The lowest BCUT2D eigenvalue weighted by molar-refractivity contribution is -0.133. The van der Waals surface area contributed by atoms with Gasteiger partial charge in [-0.2, -0.15) is 0 Å². The summed E-state index contributed by atoms with van der Waals surface area (Å²) in [5.41, 5.74) is 0. The third kappa shape index (κ3) is 20.6. The topological polar surface area (TPSA) is 79.2 Å². The Hall–Kier alpha value is -0.690. The van der Waals surface area contributed by atoms with Crippen molar-refractivity contribution in [2.45, 2.75) is 96.8 Å². The van der Waals surface area contributed by atoms with Crippen LogP contribution in [0.5, 0.6) is 0 Å². The number of aliphatic hydroxyl groups is 2. The minimum absolute atomic E-state index is 0.00742.